The molecule has 2 unspecified atom stereocenters. The summed E-state index contributed by atoms with van der Waals surface area (Å²) in [6.45, 7) is 12.7. The average Bonchev–Trinajstić information content (AvgIpc) is 3.13. The summed E-state index contributed by atoms with van der Waals surface area (Å²) >= 11 is 0. The molecule has 0 spiro atoms. The Kier molecular flexibility index (Phi) is 7.96. The molecule has 0 saturated carbocycles. The van der Waals surface area contributed by atoms with Crippen LogP contribution in [0.15, 0.2) is 35.4 Å². The number of alkyl halides is 3. The molecule has 3 N–H and O–H groups in total. The fourth-order valence-electron chi connectivity index (χ4n) is 5.49. The summed E-state index contributed by atoms with van der Waals surface area (Å²) in [5.74, 6) is -1.75. The van der Waals surface area contributed by atoms with Crippen LogP contribution in [0.1, 0.15) is 88.8 Å². The molecule has 1 amide bonds. The summed E-state index contributed by atoms with van der Waals surface area (Å²) in [5, 5.41) is -0.407. The van der Waals surface area contributed by atoms with Crippen LogP contribution in [0.2, 0.25) is 0 Å². The molecule has 2 aliphatic rings. The van der Waals surface area contributed by atoms with Crippen molar-refractivity contribution in [1.82, 2.24) is 14.7 Å². The second kappa shape index (κ2) is 10.6. The molecule has 1 aliphatic carbocycles. The third-order valence-electron chi connectivity index (χ3n) is 8.37. The highest BCUT2D eigenvalue weighted by molar-refractivity contribution is 7.90. The van der Waals surface area contributed by atoms with Crippen molar-refractivity contribution in [3.8, 4) is 0 Å². The number of pyridine rings is 2. The molecule has 0 radical (unpaired) electrons. The van der Waals surface area contributed by atoms with E-state index >= 15 is 0 Å². The molecule has 2 aromatic rings. The first-order valence-corrected chi connectivity index (χ1v) is 15.2. The van der Waals surface area contributed by atoms with Gasteiger partial charge in [0.2, 0.25) is 0 Å². The second-order valence-corrected chi connectivity index (χ2v) is 14.2. The summed E-state index contributed by atoms with van der Waals surface area (Å²) in [4.78, 5) is 24.6. The minimum atomic E-state index is -4.39. The number of carbonyl (C=O) groups excluding carboxylic acids is 1. The van der Waals surface area contributed by atoms with Crippen molar-refractivity contribution in [3.05, 3.63) is 47.2 Å². The van der Waals surface area contributed by atoms with Gasteiger partial charge in [-0.3, -0.25) is 4.79 Å². The van der Waals surface area contributed by atoms with E-state index in [0.29, 0.717) is 29.2 Å². The first kappa shape index (κ1) is 30.8. The molecule has 41 heavy (non-hydrogen) atoms. The monoisotopic (exact) mass is 593 g/mol. The van der Waals surface area contributed by atoms with Crippen molar-refractivity contribution >= 4 is 33.1 Å². The Morgan fingerprint density at radius 1 is 1.15 bits per heavy atom. The molecule has 1 aliphatic heterocycles. The van der Waals surface area contributed by atoms with Gasteiger partial charge in [0, 0.05) is 23.1 Å². The van der Waals surface area contributed by atoms with Crippen molar-refractivity contribution in [3.63, 3.8) is 0 Å². The number of allylic oxidation sites excluding steroid dienone is 2. The first-order valence-electron chi connectivity index (χ1n) is 13.7. The lowest BCUT2D eigenvalue weighted by atomic mass is 9.80. The number of nitrogens with zero attached hydrogens (tertiary/aromatic N) is 3. The Balaban J connectivity index is 1.88. The van der Waals surface area contributed by atoms with Crippen LogP contribution in [0.25, 0.3) is 5.57 Å². The Morgan fingerprint density at radius 2 is 1.83 bits per heavy atom. The van der Waals surface area contributed by atoms with Crippen molar-refractivity contribution in [2.45, 2.75) is 89.4 Å². The largest absolute Gasteiger partial charge is 0.392 e. The van der Waals surface area contributed by atoms with Crippen molar-refractivity contribution in [2.24, 2.45) is 11.8 Å². The lowest BCUT2D eigenvalue weighted by Gasteiger charge is -2.38. The molecule has 1 fully saturated rings. The number of rotatable bonds is 5. The number of halogens is 3. The number of nitrogens with one attached hydrogen (secondary N) is 1. The van der Waals surface area contributed by atoms with Crippen molar-refractivity contribution < 1.29 is 26.4 Å². The highest BCUT2D eigenvalue weighted by atomic mass is 32.2. The number of amides is 1. The Labute approximate surface area is 239 Å². The van der Waals surface area contributed by atoms with Gasteiger partial charge in [-0.25, -0.2) is 14.7 Å². The highest BCUT2D eigenvalue weighted by Gasteiger charge is 2.43. The van der Waals surface area contributed by atoms with E-state index in [1.165, 1.54) is 18.2 Å². The molecule has 224 valence electrons. The SMILES string of the molecule is CC1CCN(c2nc(C(C)(C)C)c(C3=CCC(C(F)(F)F)CC3)cc2C(=O)NS(=O)(=O)c2cccc(N)n2)C1(C)C. The molecule has 0 aromatic carbocycles. The maximum Gasteiger partial charge on any atom is 0.392 e. The van der Waals surface area contributed by atoms with Crippen LogP contribution >= 0.6 is 0 Å². The van der Waals surface area contributed by atoms with Crippen molar-refractivity contribution in [2.75, 3.05) is 17.2 Å². The Hall–Kier alpha value is -3.15. The molecule has 4 rings (SSSR count). The van der Waals surface area contributed by atoms with Crippen LogP contribution in [0, 0.1) is 11.8 Å². The van der Waals surface area contributed by atoms with Crippen LogP contribution in [-0.2, 0) is 15.4 Å². The summed E-state index contributed by atoms with van der Waals surface area (Å²) in [7, 11) is -4.39. The minimum Gasteiger partial charge on any atom is -0.384 e. The second-order valence-electron chi connectivity index (χ2n) is 12.6. The molecule has 8 nitrogen and oxygen atoms in total. The third-order valence-corrected chi connectivity index (χ3v) is 9.60. The summed E-state index contributed by atoms with van der Waals surface area (Å²) in [6.07, 6.45) is -1.95. The fraction of sp³-hybridized carbons (Fsp3) is 0.552. The molecular formula is C29H38F3N5O3S. The smallest absolute Gasteiger partial charge is 0.384 e. The van der Waals surface area contributed by atoms with Crippen molar-refractivity contribution in [1.29, 1.82) is 0 Å². The van der Waals surface area contributed by atoms with Crippen LogP contribution in [0.3, 0.4) is 0 Å². The maximum atomic E-state index is 13.8. The number of hydrogen-bond acceptors (Lipinski definition) is 7. The van der Waals surface area contributed by atoms with Gasteiger partial charge >= 0.3 is 6.18 Å². The lowest BCUT2D eigenvalue weighted by molar-refractivity contribution is -0.175. The topological polar surface area (TPSA) is 118 Å². The van der Waals surface area contributed by atoms with E-state index in [-0.39, 0.29) is 36.6 Å². The molecule has 12 heteroatoms. The zero-order valence-electron chi connectivity index (χ0n) is 24.3. The Morgan fingerprint density at radius 3 is 2.34 bits per heavy atom. The van der Waals surface area contributed by atoms with Crippen LogP contribution < -0.4 is 15.4 Å². The van der Waals surface area contributed by atoms with E-state index in [4.69, 9.17) is 10.7 Å². The van der Waals surface area contributed by atoms with Gasteiger partial charge in [-0.2, -0.15) is 21.6 Å². The number of sulfonamides is 1. The summed E-state index contributed by atoms with van der Waals surface area (Å²) in [5.41, 5.74) is 6.63. The van der Waals surface area contributed by atoms with E-state index in [2.05, 4.69) is 16.6 Å². The quantitative estimate of drug-likeness (QED) is 0.447. The number of aromatic nitrogens is 2. The van der Waals surface area contributed by atoms with E-state index in [1.807, 2.05) is 39.5 Å². The molecule has 2 aromatic heterocycles. The average molecular weight is 594 g/mol. The summed E-state index contributed by atoms with van der Waals surface area (Å²) in [6, 6.07) is 5.68. The van der Waals surface area contributed by atoms with Gasteiger partial charge < -0.3 is 10.6 Å². The van der Waals surface area contributed by atoms with E-state index < -0.39 is 44.0 Å². The molecular weight excluding hydrogens is 555 g/mol. The molecule has 0 bridgehead atoms. The van der Waals surface area contributed by atoms with Crippen LogP contribution in [0.4, 0.5) is 24.8 Å². The first-order chi connectivity index (χ1) is 18.8. The number of hydrogen-bond donors (Lipinski definition) is 2. The third kappa shape index (κ3) is 6.22. The predicted octanol–water partition coefficient (Wildman–Crippen LogP) is 5.85. The van der Waals surface area contributed by atoms with E-state index in [1.54, 1.807) is 12.1 Å². The van der Waals surface area contributed by atoms with Gasteiger partial charge in [0.25, 0.3) is 15.9 Å². The summed E-state index contributed by atoms with van der Waals surface area (Å²) < 4.78 is 68.5. The van der Waals surface area contributed by atoms with Gasteiger partial charge in [0.05, 0.1) is 17.2 Å². The fourth-order valence-corrected chi connectivity index (χ4v) is 6.43. The van der Waals surface area contributed by atoms with Crippen LogP contribution in [0.5, 0.6) is 0 Å². The highest BCUT2D eigenvalue weighted by Crippen LogP contribution is 2.44. The molecule has 2 atom stereocenters. The van der Waals surface area contributed by atoms with Gasteiger partial charge in [0.1, 0.15) is 11.6 Å². The number of anilines is 2. The Bertz CT molecular complexity index is 1480. The van der Waals surface area contributed by atoms with E-state index in [9.17, 15) is 26.4 Å². The van der Waals surface area contributed by atoms with E-state index in [0.717, 1.165) is 6.42 Å². The van der Waals surface area contributed by atoms with Gasteiger partial charge in [-0.05, 0) is 69.2 Å². The number of nitrogen functional groups attached to an aromatic ring is 1. The van der Waals surface area contributed by atoms with Gasteiger partial charge in [-0.1, -0.05) is 39.8 Å². The van der Waals surface area contributed by atoms with Crippen LogP contribution in [-0.4, -0.2) is 42.6 Å². The number of carbonyl (C=O) groups is 1. The normalized spacial score (nSPS) is 21.5. The number of nitrogens with two attached hydrogens (primary N) is 1. The zero-order valence-corrected chi connectivity index (χ0v) is 25.1. The standard InChI is InChI=1S/C29H38F3N5O3S/c1-17-14-15-37(28(17,5)6)25-21(26(38)36-41(39,40)23-9-7-8-22(33)34-23)16-20(24(35-25)27(2,3)4)18-10-12-19(13-11-18)29(30,31)32/h7-10,16-17,19H,11-15H2,1-6H3,(H2,33,34)(H,36,38). The lowest BCUT2D eigenvalue weighted by Crippen LogP contribution is -2.44. The molecule has 3 heterocycles. The maximum absolute atomic E-state index is 13.8. The van der Waals surface area contributed by atoms with Gasteiger partial charge in [-0.15, -0.1) is 0 Å². The van der Waals surface area contributed by atoms with Gasteiger partial charge in [0.15, 0.2) is 5.03 Å². The minimum absolute atomic E-state index is 0.0197. The molecule has 1 saturated heterocycles. The zero-order chi connectivity index (χ0) is 30.5. The predicted molar refractivity (Wildman–Crippen MR) is 153 cm³/mol.